The lowest BCUT2D eigenvalue weighted by Gasteiger charge is -2.06. The number of hydrogen-bond donors (Lipinski definition) is 2. The zero-order chi connectivity index (χ0) is 11.3. The highest BCUT2D eigenvalue weighted by Gasteiger charge is 2.05. The van der Waals surface area contributed by atoms with Gasteiger partial charge in [-0.15, -0.1) is 0 Å². The average molecular weight is 338 g/mol. The SMILES string of the molecule is Oc1cccc(CCCCC(Br)Br)c1O. The van der Waals surface area contributed by atoms with Gasteiger partial charge in [0.25, 0.3) is 0 Å². The summed E-state index contributed by atoms with van der Waals surface area (Å²) in [7, 11) is 0. The third-order valence-electron chi connectivity index (χ3n) is 2.22. The minimum atomic E-state index is -0.0358. The van der Waals surface area contributed by atoms with Crippen molar-refractivity contribution in [2.75, 3.05) is 0 Å². The molecule has 0 spiro atoms. The van der Waals surface area contributed by atoms with Gasteiger partial charge in [-0.1, -0.05) is 50.4 Å². The predicted molar refractivity (Wildman–Crippen MR) is 69.0 cm³/mol. The smallest absolute Gasteiger partial charge is 0.160 e. The number of para-hydroxylation sites is 1. The number of alkyl halides is 2. The summed E-state index contributed by atoms with van der Waals surface area (Å²) < 4.78 is 0.364. The van der Waals surface area contributed by atoms with Crippen molar-refractivity contribution < 1.29 is 10.2 Å². The van der Waals surface area contributed by atoms with Gasteiger partial charge in [0, 0.05) is 0 Å². The van der Waals surface area contributed by atoms with Gasteiger partial charge in [0.05, 0.1) is 3.74 Å². The van der Waals surface area contributed by atoms with E-state index in [-0.39, 0.29) is 11.5 Å². The van der Waals surface area contributed by atoms with Crippen LogP contribution in [-0.2, 0) is 6.42 Å². The lowest BCUT2D eigenvalue weighted by Crippen LogP contribution is -1.90. The second-order valence-corrected chi connectivity index (χ2v) is 6.86. The molecule has 4 heteroatoms. The zero-order valence-corrected chi connectivity index (χ0v) is 11.5. The standard InChI is InChI=1S/C11H14Br2O2/c12-10(13)7-2-1-4-8-5-3-6-9(14)11(8)15/h3,5-6,10,14-15H,1-2,4,7H2. The molecule has 0 atom stereocenters. The van der Waals surface area contributed by atoms with E-state index in [1.165, 1.54) is 6.07 Å². The van der Waals surface area contributed by atoms with Gasteiger partial charge >= 0.3 is 0 Å². The van der Waals surface area contributed by atoms with Crippen LogP contribution in [0, 0.1) is 0 Å². The van der Waals surface area contributed by atoms with Crippen molar-refractivity contribution >= 4 is 31.9 Å². The molecule has 15 heavy (non-hydrogen) atoms. The largest absolute Gasteiger partial charge is 0.504 e. The Morgan fingerprint density at radius 2 is 1.87 bits per heavy atom. The van der Waals surface area contributed by atoms with E-state index in [1.54, 1.807) is 6.07 Å². The number of phenolic OH excluding ortho intramolecular Hbond substituents is 2. The van der Waals surface area contributed by atoms with Crippen molar-refractivity contribution in [3.8, 4) is 11.5 Å². The third-order valence-corrected chi connectivity index (χ3v) is 3.13. The highest BCUT2D eigenvalue weighted by Crippen LogP contribution is 2.29. The van der Waals surface area contributed by atoms with Crippen LogP contribution in [0.2, 0.25) is 0 Å². The van der Waals surface area contributed by atoms with Crippen LogP contribution in [0.4, 0.5) is 0 Å². The average Bonchev–Trinajstić information content (AvgIpc) is 2.18. The molecule has 0 aliphatic carbocycles. The molecule has 0 aliphatic heterocycles. The molecule has 1 rings (SSSR count). The van der Waals surface area contributed by atoms with Gasteiger partial charge in [0.15, 0.2) is 11.5 Å². The summed E-state index contributed by atoms with van der Waals surface area (Å²) in [6.45, 7) is 0. The lowest BCUT2D eigenvalue weighted by molar-refractivity contribution is 0.398. The number of rotatable bonds is 5. The van der Waals surface area contributed by atoms with Crippen LogP contribution >= 0.6 is 31.9 Å². The maximum atomic E-state index is 9.54. The first kappa shape index (κ1) is 12.8. The molecule has 0 aromatic heterocycles. The van der Waals surface area contributed by atoms with E-state index in [0.717, 1.165) is 31.2 Å². The fourth-order valence-electron chi connectivity index (χ4n) is 1.39. The predicted octanol–water partition coefficient (Wildman–Crippen LogP) is 3.93. The Hall–Kier alpha value is -0.220. The van der Waals surface area contributed by atoms with E-state index in [1.807, 2.05) is 6.07 Å². The molecule has 0 unspecified atom stereocenters. The van der Waals surface area contributed by atoms with Gasteiger partial charge < -0.3 is 10.2 Å². The van der Waals surface area contributed by atoms with Crippen molar-refractivity contribution in [1.82, 2.24) is 0 Å². The number of halogens is 2. The van der Waals surface area contributed by atoms with Gasteiger partial charge in [-0.05, 0) is 30.9 Å². The van der Waals surface area contributed by atoms with Gasteiger partial charge in [-0.2, -0.15) is 0 Å². The topological polar surface area (TPSA) is 40.5 Å². The van der Waals surface area contributed by atoms with Crippen LogP contribution in [0.3, 0.4) is 0 Å². The normalized spacial score (nSPS) is 10.9. The van der Waals surface area contributed by atoms with Crippen molar-refractivity contribution in [2.24, 2.45) is 0 Å². The summed E-state index contributed by atoms with van der Waals surface area (Å²) in [6.07, 6.45) is 3.94. The Kier molecular flexibility index (Phi) is 5.47. The number of unbranched alkanes of at least 4 members (excludes halogenated alkanes) is 1. The summed E-state index contributed by atoms with van der Waals surface area (Å²) in [4.78, 5) is 0. The van der Waals surface area contributed by atoms with Crippen LogP contribution in [-0.4, -0.2) is 13.9 Å². The first-order valence-corrected chi connectivity index (χ1v) is 6.72. The van der Waals surface area contributed by atoms with Crippen molar-refractivity contribution in [3.05, 3.63) is 23.8 Å². The summed E-state index contributed by atoms with van der Waals surface area (Å²) in [5.41, 5.74) is 0.815. The Bertz CT molecular complexity index is 313. The lowest BCUT2D eigenvalue weighted by atomic mass is 10.1. The van der Waals surface area contributed by atoms with Crippen LogP contribution < -0.4 is 0 Å². The molecular formula is C11H14Br2O2. The molecule has 0 heterocycles. The van der Waals surface area contributed by atoms with Gasteiger partial charge in [-0.3, -0.25) is 0 Å². The molecule has 0 bridgehead atoms. The summed E-state index contributed by atoms with van der Waals surface area (Å²) >= 11 is 6.83. The van der Waals surface area contributed by atoms with Crippen LogP contribution in [0.25, 0.3) is 0 Å². The maximum Gasteiger partial charge on any atom is 0.160 e. The third kappa shape index (κ3) is 4.43. The van der Waals surface area contributed by atoms with E-state index < -0.39 is 0 Å². The quantitative estimate of drug-likeness (QED) is 0.485. The fraction of sp³-hybridized carbons (Fsp3) is 0.455. The molecule has 1 aromatic carbocycles. The summed E-state index contributed by atoms with van der Waals surface area (Å²) in [5, 5.41) is 18.8. The molecule has 0 fully saturated rings. The van der Waals surface area contributed by atoms with Gasteiger partial charge in [0.1, 0.15) is 0 Å². The summed E-state index contributed by atoms with van der Waals surface area (Å²) in [5.74, 6) is -0.0157. The summed E-state index contributed by atoms with van der Waals surface area (Å²) in [6, 6.07) is 5.09. The molecule has 2 N–H and O–H groups in total. The Labute approximate surface area is 107 Å². The zero-order valence-electron chi connectivity index (χ0n) is 8.29. The number of hydrogen-bond acceptors (Lipinski definition) is 2. The number of aryl methyl sites for hydroxylation is 1. The van der Waals surface area contributed by atoms with E-state index in [0.29, 0.717) is 3.74 Å². The minimum absolute atomic E-state index is 0.0201. The Morgan fingerprint density at radius 1 is 1.13 bits per heavy atom. The second kappa shape index (κ2) is 6.38. The molecule has 0 radical (unpaired) electrons. The fourth-order valence-corrected chi connectivity index (χ4v) is 2.04. The molecule has 0 aliphatic rings. The van der Waals surface area contributed by atoms with Crippen LogP contribution in [0.15, 0.2) is 18.2 Å². The molecule has 0 saturated carbocycles. The van der Waals surface area contributed by atoms with E-state index >= 15 is 0 Å². The maximum absolute atomic E-state index is 9.54. The first-order valence-electron chi connectivity index (χ1n) is 4.89. The molecule has 84 valence electrons. The van der Waals surface area contributed by atoms with Crippen LogP contribution in [0.5, 0.6) is 11.5 Å². The number of benzene rings is 1. The van der Waals surface area contributed by atoms with Gasteiger partial charge in [0.2, 0.25) is 0 Å². The Balaban J connectivity index is 2.41. The molecule has 0 amide bonds. The van der Waals surface area contributed by atoms with E-state index in [9.17, 15) is 10.2 Å². The highest BCUT2D eigenvalue weighted by molar-refractivity contribution is 9.24. The van der Waals surface area contributed by atoms with Gasteiger partial charge in [-0.25, -0.2) is 0 Å². The van der Waals surface area contributed by atoms with Crippen molar-refractivity contribution in [3.63, 3.8) is 0 Å². The Morgan fingerprint density at radius 3 is 2.53 bits per heavy atom. The molecule has 2 nitrogen and oxygen atoms in total. The highest BCUT2D eigenvalue weighted by atomic mass is 79.9. The monoisotopic (exact) mass is 336 g/mol. The molecular weight excluding hydrogens is 324 g/mol. The molecule has 0 saturated heterocycles. The number of aromatic hydroxyl groups is 2. The second-order valence-electron chi connectivity index (χ2n) is 3.42. The van der Waals surface area contributed by atoms with Crippen LogP contribution in [0.1, 0.15) is 24.8 Å². The first-order chi connectivity index (χ1) is 7.11. The van der Waals surface area contributed by atoms with Crippen molar-refractivity contribution in [2.45, 2.75) is 29.4 Å². The van der Waals surface area contributed by atoms with E-state index in [4.69, 9.17) is 0 Å². The molecule has 1 aromatic rings. The minimum Gasteiger partial charge on any atom is -0.504 e. The number of phenols is 2. The van der Waals surface area contributed by atoms with Crippen molar-refractivity contribution in [1.29, 1.82) is 0 Å². The van der Waals surface area contributed by atoms with E-state index in [2.05, 4.69) is 31.9 Å².